The Kier molecular flexibility index (Phi) is 6.41. The fourth-order valence-corrected chi connectivity index (χ4v) is 4.02. The molecule has 0 atom stereocenters. The predicted octanol–water partition coefficient (Wildman–Crippen LogP) is 3.33. The topological polar surface area (TPSA) is 70.2 Å². The number of aromatic nitrogens is 2. The van der Waals surface area contributed by atoms with Crippen LogP contribution in [0.25, 0.3) is 0 Å². The van der Waals surface area contributed by atoms with Crippen LogP contribution in [0.4, 0.5) is 19.0 Å². The fourth-order valence-electron chi connectivity index (χ4n) is 4.02. The van der Waals surface area contributed by atoms with Crippen molar-refractivity contribution in [3.8, 4) is 0 Å². The number of nitrogens with zero attached hydrogens (tertiary/aromatic N) is 3. The number of anilines is 1. The van der Waals surface area contributed by atoms with E-state index in [9.17, 15) is 18.0 Å². The van der Waals surface area contributed by atoms with E-state index in [2.05, 4.69) is 37.6 Å². The largest absolute Gasteiger partial charge is 0.405 e. The first-order chi connectivity index (χ1) is 14.9. The molecule has 31 heavy (non-hydrogen) atoms. The molecular formula is C22H26F3N5O. The highest BCUT2D eigenvalue weighted by molar-refractivity contribution is 5.91. The number of rotatable bonds is 6. The number of fused-ring (bicyclic) bond motifs is 1. The van der Waals surface area contributed by atoms with Gasteiger partial charge in [-0.15, -0.1) is 0 Å². The van der Waals surface area contributed by atoms with Gasteiger partial charge in [0.1, 0.15) is 18.1 Å². The van der Waals surface area contributed by atoms with Gasteiger partial charge in [0.15, 0.2) is 0 Å². The summed E-state index contributed by atoms with van der Waals surface area (Å²) in [5, 5.41) is 4.93. The molecule has 2 aliphatic rings. The zero-order valence-corrected chi connectivity index (χ0v) is 17.2. The number of alkyl halides is 3. The molecule has 1 aromatic carbocycles. The third-order valence-corrected chi connectivity index (χ3v) is 6.01. The number of nitrogens with one attached hydrogen (secondary N) is 2. The van der Waals surface area contributed by atoms with E-state index in [-0.39, 0.29) is 11.5 Å². The van der Waals surface area contributed by atoms with Gasteiger partial charge in [0.2, 0.25) is 0 Å². The van der Waals surface area contributed by atoms with Gasteiger partial charge in [-0.2, -0.15) is 13.2 Å². The van der Waals surface area contributed by atoms with Gasteiger partial charge in [0, 0.05) is 25.7 Å². The Morgan fingerprint density at radius 2 is 1.87 bits per heavy atom. The summed E-state index contributed by atoms with van der Waals surface area (Å²) < 4.78 is 36.7. The summed E-state index contributed by atoms with van der Waals surface area (Å²) in [4.78, 5) is 22.7. The molecule has 1 aromatic heterocycles. The Labute approximate surface area is 179 Å². The molecule has 0 spiro atoms. The van der Waals surface area contributed by atoms with Crippen molar-refractivity contribution in [2.75, 3.05) is 25.0 Å². The Morgan fingerprint density at radius 3 is 2.52 bits per heavy atom. The Hall–Kier alpha value is -2.68. The maximum Gasteiger partial charge on any atom is 0.405 e. The summed E-state index contributed by atoms with van der Waals surface area (Å²) in [6, 6.07) is 7.11. The first-order valence-corrected chi connectivity index (χ1v) is 10.6. The fraction of sp³-hybridized carbons (Fsp3) is 0.500. The lowest BCUT2D eigenvalue weighted by Gasteiger charge is -2.36. The van der Waals surface area contributed by atoms with Crippen molar-refractivity contribution in [2.24, 2.45) is 0 Å². The number of halogens is 3. The summed E-state index contributed by atoms with van der Waals surface area (Å²) in [7, 11) is 0. The van der Waals surface area contributed by atoms with Crippen LogP contribution in [0.5, 0.6) is 0 Å². The van der Waals surface area contributed by atoms with Crippen molar-refractivity contribution >= 4 is 11.7 Å². The van der Waals surface area contributed by atoms with Gasteiger partial charge < -0.3 is 10.6 Å². The molecule has 1 aliphatic heterocycles. The van der Waals surface area contributed by atoms with Crippen LogP contribution in [-0.2, 0) is 19.4 Å². The molecule has 1 amide bonds. The second-order valence-corrected chi connectivity index (χ2v) is 8.16. The second-order valence-electron chi connectivity index (χ2n) is 8.16. The molecule has 1 saturated carbocycles. The molecule has 1 aliphatic carbocycles. The van der Waals surface area contributed by atoms with E-state index in [0.29, 0.717) is 6.54 Å². The second kappa shape index (κ2) is 9.21. The average Bonchev–Trinajstić information content (AvgIpc) is 2.91. The van der Waals surface area contributed by atoms with E-state index in [0.717, 1.165) is 43.7 Å². The molecule has 2 aromatic rings. The molecular weight excluding hydrogens is 407 g/mol. The number of amides is 1. The van der Waals surface area contributed by atoms with Gasteiger partial charge in [-0.3, -0.25) is 9.69 Å². The number of carbonyl (C=O) groups is 1. The Morgan fingerprint density at radius 1 is 1.10 bits per heavy atom. The van der Waals surface area contributed by atoms with Crippen LogP contribution in [0.3, 0.4) is 0 Å². The number of hydrogen-bond donors (Lipinski definition) is 2. The minimum absolute atomic E-state index is 0.0319. The molecule has 1 fully saturated rings. The van der Waals surface area contributed by atoms with E-state index < -0.39 is 18.6 Å². The average molecular weight is 433 g/mol. The zero-order chi connectivity index (χ0) is 21.8. The third-order valence-electron chi connectivity index (χ3n) is 6.01. The summed E-state index contributed by atoms with van der Waals surface area (Å²) in [6.45, 7) is 1.34. The summed E-state index contributed by atoms with van der Waals surface area (Å²) in [5.41, 5.74) is 3.79. The number of benzene rings is 1. The highest BCUT2D eigenvalue weighted by atomic mass is 19.4. The summed E-state index contributed by atoms with van der Waals surface area (Å²) >= 11 is 0. The van der Waals surface area contributed by atoms with Gasteiger partial charge in [0.05, 0.1) is 12.4 Å². The van der Waals surface area contributed by atoms with Crippen molar-refractivity contribution in [1.82, 2.24) is 20.2 Å². The van der Waals surface area contributed by atoms with Crippen LogP contribution in [0, 0.1) is 0 Å². The van der Waals surface area contributed by atoms with Gasteiger partial charge in [-0.25, -0.2) is 9.97 Å². The van der Waals surface area contributed by atoms with Gasteiger partial charge >= 0.3 is 6.18 Å². The highest BCUT2D eigenvalue weighted by Crippen LogP contribution is 2.27. The first-order valence-electron chi connectivity index (χ1n) is 10.6. The quantitative estimate of drug-likeness (QED) is 0.731. The SMILES string of the molecule is O=C(NCc1ccc2c(c1)CCN(C1CCC1)CC2)c1cnc(NCC(F)(F)F)cn1. The summed E-state index contributed by atoms with van der Waals surface area (Å²) in [5.74, 6) is -0.448. The lowest BCUT2D eigenvalue weighted by molar-refractivity contribution is -0.115. The van der Waals surface area contributed by atoms with Gasteiger partial charge in [0.25, 0.3) is 5.91 Å². The lowest BCUT2D eigenvalue weighted by Crippen LogP contribution is -2.41. The van der Waals surface area contributed by atoms with Crippen LogP contribution >= 0.6 is 0 Å². The summed E-state index contributed by atoms with van der Waals surface area (Å²) in [6.07, 6.45) is 3.99. The molecule has 9 heteroatoms. The maximum atomic E-state index is 12.3. The maximum absolute atomic E-state index is 12.3. The molecule has 166 valence electrons. The molecule has 4 rings (SSSR count). The van der Waals surface area contributed by atoms with Crippen molar-refractivity contribution in [1.29, 1.82) is 0 Å². The Bertz CT molecular complexity index is 912. The molecule has 6 nitrogen and oxygen atoms in total. The monoisotopic (exact) mass is 433 g/mol. The van der Waals surface area contributed by atoms with Crippen molar-refractivity contribution in [2.45, 2.75) is 50.9 Å². The van der Waals surface area contributed by atoms with Gasteiger partial charge in [-0.1, -0.05) is 24.6 Å². The molecule has 0 saturated heterocycles. The van der Waals surface area contributed by atoms with Crippen molar-refractivity contribution < 1.29 is 18.0 Å². The molecule has 0 unspecified atom stereocenters. The number of hydrogen-bond acceptors (Lipinski definition) is 5. The Balaban J connectivity index is 1.30. The minimum Gasteiger partial charge on any atom is -0.360 e. The van der Waals surface area contributed by atoms with Crippen molar-refractivity contribution in [3.63, 3.8) is 0 Å². The standard InChI is InChI=1S/C22H26F3N5O/c23-22(24,25)14-29-20-13-26-19(12-27-20)21(31)28-11-15-4-5-16-6-8-30(18-2-1-3-18)9-7-17(16)10-15/h4-5,10,12-13,18H,1-3,6-9,11,14H2,(H,27,29)(H,28,31). The zero-order valence-electron chi connectivity index (χ0n) is 17.2. The molecule has 2 heterocycles. The normalized spacial score (nSPS) is 17.4. The van der Waals surface area contributed by atoms with Crippen LogP contribution in [0.2, 0.25) is 0 Å². The molecule has 0 bridgehead atoms. The van der Waals surface area contributed by atoms with E-state index in [1.165, 1.54) is 36.6 Å². The van der Waals surface area contributed by atoms with E-state index in [1.54, 1.807) is 0 Å². The van der Waals surface area contributed by atoms with Crippen LogP contribution in [0.15, 0.2) is 30.6 Å². The molecule has 0 radical (unpaired) electrons. The van der Waals surface area contributed by atoms with Crippen LogP contribution in [-0.4, -0.2) is 52.6 Å². The number of carbonyl (C=O) groups excluding carboxylic acids is 1. The molecule has 2 N–H and O–H groups in total. The first kappa shape index (κ1) is 21.5. The smallest absolute Gasteiger partial charge is 0.360 e. The van der Waals surface area contributed by atoms with E-state index in [4.69, 9.17) is 0 Å². The highest BCUT2D eigenvalue weighted by Gasteiger charge is 2.27. The van der Waals surface area contributed by atoms with E-state index in [1.807, 2.05) is 6.07 Å². The van der Waals surface area contributed by atoms with Crippen molar-refractivity contribution in [3.05, 3.63) is 53.0 Å². The van der Waals surface area contributed by atoms with Gasteiger partial charge in [-0.05, 0) is 42.4 Å². The van der Waals surface area contributed by atoms with E-state index >= 15 is 0 Å². The van der Waals surface area contributed by atoms with Crippen LogP contribution < -0.4 is 10.6 Å². The van der Waals surface area contributed by atoms with Crippen LogP contribution in [0.1, 0.15) is 46.4 Å². The minimum atomic E-state index is -4.35. The predicted molar refractivity (Wildman–Crippen MR) is 111 cm³/mol. The lowest BCUT2D eigenvalue weighted by atomic mass is 9.91. The third kappa shape index (κ3) is 5.72.